The number of benzene rings is 1. The Hall–Kier alpha value is -1.44. The Balaban J connectivity index is 2.95. The third-order valence-electron chi connectivity index (χ3n) is 3.13. The fourth-order valence-corrected chi connectivity index (χ4v) is 2.13. The first-order valence-corrected chi connectivity index (χ1v) is 7.33. The van der Waals surface area contributed by atoms with Gasteiger partial charge >= 0.3 is 0 Å². The van der Waals surface area contributed by atoms with E-state index in [0.717, 1.165) is 5.56 Å². The number of halogens is 1. The van der Waals surface area contributed by atoms with Gasteiger partial charge in [-0.2, -0.15) is 5.26 Å². The Morgan fingerprint density at radius 1 is 1.43 bits per heavy atom. The highest BCUT2D eigenvalue weighted by atomic mass is 35.5. The highest BCUT2D eigenvalue weighted by molar-refractivity contribution is 6.30. The second-order valence-corrected chi connectivity index (χ2v) is 6.31. The van der Waals surface area contributed by atoms with E-state index < -0.39 is 5.41 Å². The molecule has 0 radical (unpaired) electrons. The van der Waals surface area contributed by atoms with E-state index in [1.54, 1.807) is 13.2 Å². The maximum absolute atomic E-state index is 9.04. The van der Waals surface area contributed by atoms with Gasteiger partial charge in [-0.1, -0.05) is 11.6 Å². The van der Waals surface area contributed by atoms with Gasteiger partial charge in [0.25, 0.3) is 0 Å². The molecule has 4 nitrogen and oxygen atoms in total. The third kappa shape index (κ3) is 5.45. The monoisotopic (exact) mass is 310 g/mol. The summed E-state index contributed by atoms with van der Waals surface area (Å²) in [6.07, 6.45) is 1.28. The Labute approximate surface area is 131 Å². The van der Waals surface area contributed by atoms with Crippen molar-refractivity contribution in [3.05, 3.63) is 22.7 Å². The molecule has 2 N–H and O–H groups in total. The molecule has 1 atom stereocenters. The minimum absolute atomic E-state index is 0.00827. The second-order valence-electron chi connectivity index (χ2n) is 5.87. The maximum atomic E-state index is 9.04. The van der Waals surface area contributed by atoms with Crippen LogP contribution in [0, 0.1) is 16.7 Å². The molecule has 0 saturated heterocycles. The zero-order valence-electron chi connectivity index (χ0n) is 13.1. The van der Waals surface area contributed by atoms with Crippen LogP contribution in [0.5, 0.6) is 11.5 Å². The standard InChI is InChI=1S/C16H23ClN2O2/c1-11(19)7-12-8-13(17)9-14(20-4)15(12)21-6-5-16(2,3)10-18/h8-9,11H,5-7,19H2,1-4H3. The van der Waals surface area contributed by atoms with Crippen LogP contribution in [0.25, 0.3) is 0 Å². The van der Waals surface area contributed by atoms with E-state index >= 15 is 0 Å². The number of rotatable bonds is 7. The maximum Gasteiger partial charge on any atom is 0.164 e. The topological polar surface area (TPSA) is 68.3 Å². The van der Waals surface area contributed by atoms with Gasteiger partial charge in [0.05, 0.1) is 25.2 Å². The molecule has 0 aliphatic heterocycles. The molecule has 0 spiro atoms. The van der Waals surface area contributed by atoms with Gasteiger partial charge in [-0.25, -0.2) is 0 Å². The molecule has 5 heteroatoms. The number of nitriles is 1. The zero-order valence-corrected chi connectivity index (χ0v) is 13.8. The largest absolute Gasteiger partial charge is 0.493 e. The second kappa shape index (κ2) is 7.53. The molecule has 21 heavy (non-hydrogen) atoms. The lowest BCUT2D eigenvalue weighted by Crippen LogP contribution is -2.19. The van der Waals surface area contributed by atoms with Crippen LogP contribution in [0.4, 0.5) is 0 Å². The highest BCUT2D eigenvalue weighted by Gasteiger charge is 2.19. The predicted octanol–water partition coefficient (Wildman–Crippen LogP) is 3.56. The molecule has 1 unspecified atom stereocenters. The summed E-state index contributed by atoms with van der Waals surface area (Å²) >= 11 is 6.09. The molecule has 0 heterocycles. The Morgan fingerprint density at radius 2 is 2.10 bits per heavy atom. The molecule has 1 rings (SSSR count). The first-order valence-electron chi connectivity index (χ1n) is 6.95. The van der Waals surface area contributed by atoms with Gasteiger partial charge in [-0.15, -0.1) is 0 Å². The van der Waals surface area contributed by atoms with Crippen molar-refractivity contribution in [2.45, 2.75) is 39.7 Å². The number of hydrogen-bond donors (Lipinski definition) is 1. The van der Waals surface area contributed by atoms with Gasteiger partial charge in [0.1, 0.15) is 0 Å². The van der Waals surface area contributed by atoms with Crippen LogP contribution < -0.4 is 15.2 Å². The van der Waals surface area contributed by atoms with E-state index in [9.17, 15) is 0 Å². The van der Waals surface area contributed by atoms with Gasteiger partial charge in [0, 0.05) is 22.7 Å². The molecule has 0 aromatic heterocycles. The normalized spacial score (nSPS) is 12.6. The van der Waals surface area contributed by atoms with E-state index in [4.69, 9.17) is 32.1 Å². The van der Waals surface area contributed by atoms with Gasteiger partial charge in [-0.3, -0.25) is 0 Å². The number of nitrogens with two attached hydrogens (primary N) is 1. The molecule has 0 bridgehead atoms. The smallest absolute Gasteiger partial charge is 0.164 e. The van der Waals surface area contributed by atoms with Crippen molar-refractivity contribution in [3.8, 4) is 17.6 Å². The minimum Gasteiger partial charge on any atom is -0.493 e. The van der Waals surface area contributed by atoms with Crippen LogP contribution in [0.15, 0.2) is 12.1 Å². The number of nitrogens with zero attached hydrogens (tertiary/aromatic N) is 1. The average molecular weight is 311 g/mol. The summed E-state index contributed by atoms with van der Waals surface area (Å²) in [7, 11) is 1.58. The van der Waals surface area contributed by atoms with Crippen LogP contribution in [0.2, 0.25) is 5.02 Å². The molecule has 0 amide bonds. The van der Waals surface area contributed by atoms with Gasteiger partial charge in [0.15, 0.2) is 11.5 Å². The Bertz CT molecular complexity index is 522. The van der Waals surface area contributed by atoms with Gasteiger partial charge in [0.2, 0.25) is 0 Å². The van der Waals surface area contributed by atoms with Crippen LogP contribution in [-0.4, -0.2) is 19.8 Å². The van der Waals surface area contributed by atoms with Gasteiger partial charge < -0.3 is 15.2 Å². The zero-order chi connectivity index (χ0) is 16.0. The van der Waals surface area contributed by atoms with Crippen LogP contribution in [0.3, 0.4) is 0 Å². The lowest BCUT2D eigenvalue weighted by atomic mass is 9.92. The van der Waals surface area contributed by atoms with Crippen LogP contribution in [-0.2, 0) is 6.42 Å². The summed E-state index contributed by atoms with van der Waals surface area (Å²) in [4.78, 5) is 0. The number of methoxy groups -OCH3 is 1. The molecule has 1 aromatic carbocycles. The van der Waals surface area contributed by atoms with E-state index in [2.05, 4.69) is 6.07 Å². The van der Waals surface area contributed by atoms with E-state index in [1.165, 1.54) is 0 Å². The van der Waals surface area contributed by atoms with Crippen molar-refractivity contribution in [2.75, 3.05) is 13.7 Å². The number of ether oxygens (including phenoxy) is 2. The summed E-state index contributed by atoms with van der Waals surface area (Å²) in [5, 5.41) is 9.63. The highest BCUT2D eigenvalue weighted by Crippen LogP contribution is 2.36. The quantitative estimate of drug-likeness (QED) is 0.836. The van der Waals surface area contributed by atoms with Crippen molar-refractivity contribution >= 4 is 11.6 Å². The van der Waals surface area contributed by atoms with Crippen molar-refractivity contribution in [3.63, 3.8) is 0 Å². The van der Waals surface area contributed by atoms with Crippen LogP contribution >= 0.6 is 11.6 Å². The first-order chi connectivity index (χ1) is 9.79. The summed E-state index contributed by atoms with van der Waals surface area (Å²) in [5.74, 6) is 1.25. The van der Waals surface area contributed by atoms with Crippen molar-refractivity contribution in [1.82, 2.24) is 0 Å². The molecular weight excluding hydrogens is 288 g/mol. The molecule has 116 valence electrons. The summed E-state index contributed by atoms with van der Waals surface area (Å²) < 4.78 is 11.2. The summed E-state index contributed by atoms with van der Waals surface area (Å²) in [5.41, 5.74) is 6.38. The Kier molecular flexibility index (Phi) is 6.32. The van der Waals surface area contributed by atoms with Crippen molar-refractivity contribution in [2.24, 2.45) is 11.1 Å². The molecule has 0 fully saturated rings. The third-order valence-corrected chi connectivity index (χ3v) is 3.35. The van der Waals surface area contributed by atoms with Crippen molar-refractivity contribution < 1.29 is 9.47 Å². The lowest BCUT2D eigenvalue weighted by Gasteiger charge is -2.19. The van der Waals surface area contributed by atoms with Gasteiger partial charge in [-0.05, 0) is 39.7 Å². The summed E-state index contributed by atoms with van der Waals surface area (Å²) in [6, 6.07) is 5.82. The SMILES string of the molecule is COc1cc(Cl)cc(CC(C)N)c1OCCC(C)(C)C#N. The predicted molar refractivity (Wildman–Crippen MR) is 84.9 cm³/mol. The molecule has 0 saturated carbocycles. The van der Waals surface area contributed by atoms with Crippen LogP contribution in [0.1, 0.15) is 32.8 Å². The number of hydrogen-bond acceptors (Lipinski definition) is 4. The van der Waals surface area contributed by atoms with E-state index in [1.807, 2.05) is 26.8 Å². The summed E-state index contributed by atoms with van der Waals surface area (Å²) in [6.45, 7) is 6.14. The molecular formula is C16H23ClN2O2. The minimum atomic E-state index is -0.416. The molecule has 1 aromatic rings. The fraction of sp³-hybridized carbons (Fsp3) is 0.562. The first kappa shape index (κ1) is 17.6. The van der Waals surface area contributed by atoms with E-state index in [-0.39, 0.29) is 6.04 Å². The average Bonchev–Trinajstić information content (AvgIpc) is 2.39. The molecule has 0 aliphatic rings. The van der Waals surface area contributed by atoms with E-state index in [0.29, 0.717) is 36.0 Å². The van der Waals surface area contributed by atoms with Crippen molar-refractivity contribution in [1.29, 1.82) is 5.26 Å². The molecule has 0 aliphatic carbocycles. The Morgan fingerprint density at radius 3 is 2.62 bits per heavy atom. The fourth-order valence-electron chi connectivity index (χ4n) is 1.90. The lowest BCUT2D eigenvalue weighted by molar-refractivity contribution is 0.250.